The lowest BCUT2D eigenvalue weighted by Crippen LogP contribution is -2.39. The summed E-state index contributed by atoms with van der Waals surface area (Å²) in [5.74, 6) is 1.34. The number of fused-ring (bicyclic) bond motifs is 2. The van der Waals surface area contributed by atoms with E-state index in [2.05, 4.69) is 29.3 Å². The first kappa shape index (κ1) is 26.5. The Morgan fingerprint density at radius 3 is 2.39 bits per heavy atom. The van der Waals surface area contributed by atoms with Gasteiger partial charge in [-0.05, 0) is 71.7 Å². The van der Waals surface area contributed by atoms with Gasteiger partial charge in [0, 0.05) is 11.3 Å². The molecular weight excluding hydrogens is 532 g/mol. The summed E-state index contributed by atoms with van der Waals surface area (Å²) in [5, 5.41) is 2.36. The molecule has 1 aromatic heterocycles. The fourth-order valence-corrected chi connectivity index (χ4v) is 6.31. The zero-order chi connectivity index (χ0) is 28.5. The maximum Gasteiger partial charge on any atom is 0.271 e. The molecule has 6 nitrogen and oxygen atoms in total. The molecule has 0 saturated carbocycles. The van der Waals surface area contributed by atoms with Gasteiger partial charge in [0.15, 0.2) is 10.6 Å². The average Bonchev–Trinajstić information content (AvgIpc) is 3.29. The van der Waals surface area contributed by atoms with E-state index in [1.807, 2.05) is 79.7 Å². The number of methoxy groups -OCH3 is 1. The van der Waals surface area contributed by atoms with Gasteiger partial charge in [0.1, 0.15) is 18.1 Å². The number of ether oxygens (including phenoxy) is 2. The second-order valence-electron chi connectivity index (χ2n) is 9.91. The van der Waals surface area contributed by atoms with Crippen LogP contribution < -0.4 is 24.4 Å². The molecule has 6 rings (SSSR count). The van der Waals surface area contributed by atoms with Gasteiger partial charge in [-0.15, -0.1) is 0 Å². The topological polar surface area (TPSA) is 69.9 Å². The van der Waals surface area contributed by atoms with E-state index in [1.54, 1.807) is 11.7 Å². The van der Waals surface area contributed by atoms with Gasteiger partial charge in [0.05, 0.1) is 17.7 Å². The summed E-state index contributed by atoms with van der Waals surface area (Å²) in [6.07, 6.45) is 1.86. The summed E-state index contributed by atoms with van der Waals surface area (Å²) >= 11 is 1.32. The van der Waals surface area contributed by atoms with Crippen molar-refractivity contribution < 1.29 is 14.3 Å². The number of nitrogens with zero attached hydrogens (tertiary/aromatic N) is 2. The van der Waals surface area contributed by atoms with Crippen molar-refractivity contribution in [3.63, 3.8) is 0 Å². The number of thiazole rings is 1. The fourth-order valence-electron chi connectivity index (χ4n) is 5.26. The van der Waals surface area contributed by atoms with Gasteiger partial charge >= 0.3 is 0 Å². The van der Waals surface area contributed by atoms with Gasteiger partial charge in [-0.3, -0.25) is 14.2 Å². The monoisotopic (exact) mass is 560 g/mol. The first-order chi connectivity index (χ1) is 19.9. The first-order valence-corrected chi connectivity index (χ1v) is 14.1. The van der Waals surface area contributed by atoms with Crippen LogP contribution in [0.5, 0.6) is 11.5 Å². The zero-order valence-electron chi connectivity index (χ0n) is 23.0. The summed E-state index contributed by atoms with van der Waals surface area (Å²) in [5.41, 5.74) is 3.78. The molecular formula is C34H28N2O4S. The first-order valence-electron chi connectivity index (χ1n) is 13.3. The van der Waals surface area contributed by atoms with Crippen molar-refractivity contribution in [1.29, 1.82) is 0 Å². The lowest BCUT2D eigenvalue weighted by molar-refractivity contribution is -0.114. The van der Waals surface area contributed by atoms with Crippen molar-refractivity contribution in [3.8, 4) is 11.5 Å². The zero-order valence-corrected chi connectivity index (χ0v) is 23.8. The SMILES string of the molecule is COc1ccc([C@@H]2C(C(C)=O)=C(C)N=c3s/c(=C/c4ccc(OCc5cccc6ccccc56)cc4)c(=O)n32)cc1. The molecule has 0 unspecified atom stereocenters. The van der Waals surface area contributed by atoms with E-state index in [0.717, 1.165) is 22.4 Å². The third kappa shape index (κ3) is 5.12. The third-order valence-electron chi connectivity index (χ3n) is 7.28. The Morgan fingerprint density at radius 2 is 1.66 bits per heavy atom. The molecule has 0 saturated heterocycles. The lowest BCUT2D eigenvalue weighted by Gasteiger charge is -2.24. The van der Waals surface area contributed by atoms with E-state index in [4.69, 9.17) is 9.47 Å². The van der Waals surface area contributed by atoms with Crippen LogP contribution in [0.15, 0.2) is 112 Å². The Morgan fingerprint density at radius 1 is 0.951 bits per heavy atom. The van der Waals surface area contributed by atoms with E-state index >= 15 is 0 Å². The number of Topliss-reactive ketones (excluding diaryl/α,β-unsaturated/α-hetero) is 1. The molecule has 2 heterocycles. The molecule has 41 heavy (non-hydrogen) atoms. The summed E-state index contributed by atoms with van der Waals surface area (Å²) in [6.45, 7) is 3.80. The van der Waals surface area contributed by atoms with E-state index < -0.39 is 6.04 Å². The van der Waals surface area contributed by atoms with Gasteiger partial charge in [-0.25, -0.2) is 4.99 Å². The smallest absolute Gasteiger partial charge is 0.271 e. The highest BCUT2D eigenvalue weighted by atomic mass is 32.1. The standard InChI is InChI=1S/C34H28N2O4S/c1-21-31(22(2)37)32(25-13-17-27(39-3)18-14-25)36-33(38)30(41-34(36)35-21)19-23-11-15-28(16-12-23)40-20-26-9-6-8-24-7-4-5-10-29(24)26/h4-19,32H,20H2,1-3H3/b30-19+/t32-/m1/s1. The van der Waals surface area contributed by atoms with Crippen LogP contribution in [0.3, 0.4) is 0 Å². The van der Waals surface area contributed by atoms with Crippen LogP contribution in [0.2, 0.25) is 0 Å². The predicted octanol–water partition coefficient (Wildman–Crippen LogP) is 5.57. The molecule has 1 atom stereocenters. The van der Waals surface area contributed by atoms with Crippen LogP contribution in [0, 0.1) is 0 Å². The minimum atomic E-state index is -0.554. The number of rotatable bonds is 7. The molecule has 0 radical (unpaired) electrons. The van der Waals surface area contributed by atoms with Crippen LogP contribution in [0.4, 0.5) is 0 Å². The fraction of sp³-hybridized carbons (Fsp3) is 0.147. The van der Waals surface area contributed by atoms with E-state index in [0.29, 0.717) is 33.0 Å². The van der Waals surface area contributed by atoms with Crippen molar-refractivity contribution in [2.24, 2.45) is 4.99 Å². The van der Waals surface area contributed by atoms with Crippen LogP contribution >= 0.6 is 11.3 Å². The van der Waals surface area contributed by atoms with Gasteiger partial charge < -0.3 is 9.47 Å². The predicted molar refractivity (Wildman–Crippen MR) is 162 cm³/mol. The highest BCUT2D eigenvalue weighted by molar-refractivity contribution is 7.07. The summed E-state index contributed by atoms with van der Waals surface area (Å²) in [7, 11) is 1.60. The average molecular weight is 561 g/mol. The highest BCUT2D eigenvalue weighted by Gasteiger charge is 2.30. The Hall–Kier alpha value is -4.75. The number of aromatic nitrogens is 1. The van der Waals surface area contributed by atoms with Crippen molar-refractivity contribution >= 4 is 34.0 Å². The molecule has 0 fully saturated rings. The molecule has 0 aliphatic carbocycles. The number of carbonyl (C=O) groups is 1. The van der Waals surface area contributed by atoms with Crippen molar-refractivity contribution in [3.05, 3.63) is 139 Å². The lowest BCUT2D eigenvalue weighted by atomic mass is 9.93. The molecule has 5 aromatic rings. The summed E-state index contributed by atoms with van der Waals surface area (Å²) in [4.78, 5) is 31.6. The number of carbonyl (C=O) groups excluding carboxylic acids is 1. The van der Waals surface area contributed by atoms with Gasteiger partial charge in [0.25, 0.3) is 5.56 Å². The molecule has 0 bridgehead atoms. The van der Waals surface area contributed by atoms with Crippen LogP contribution in [0.1, 0.15) is 36.6 Å². The summed E-state index contributed by atoms with van der Waals surface area (Å²) in [6, 6.07) is 29.1. The van der Waals surface area contributed by atoms with Crippen LogP contribution in [-0.4, -0.2) is 17.5 Å². The Kier molecular flexibility index (Phi) is 7.12. The maximum atomic E-state index is 13.7. The highest BCUT2D eigenvalue weighted by Crippen LogP contribution is 2.31. The van der Waals surface area contributed by atoms with Crippen LogP contribution in [0.25, 0.3) is 16.8 Å². The van der Waals surface area contributed by atoms with E-state index in [1.165, 1.54) is 29.0 Å². The minimum absolute atomic E-state index is 0.111. The number of hydrogen-bond acceptors (Lipinski definition) is 6. The molecule has 4 aromatic carbocycles. The van der Waals surface area contributed by atoms with Crippen molar-refractivity contribution in [2.75, 3.05) is 7.11 Å². The van der Waals surface area contributed by atoms with Crippen molar-refractivity contribution in [1.82, 2.24) is 4.57 Å². The molecule has 0 spiro atoms. The Labute approximate surface area is 241 Å². The number of allylic oxidation sites excluding steroid dienone is 2. The summed E-state index contributed by atoms with van der Waals surface area (Å²) < 4.78 is 13.6. The normalized spacial score (nSPS) is 15.0. The van der Waals surface area contributed by atoms with Gasteiger partial charge in [-0.1, -0.05) is 78.1 Å². The van der Waals surface area contributed by atoms with Crippen LogP contribution in [-0.2, 0) is 11.4 Å². The largest absolute Gasteiger partial charge is 0.497 e. The number of benzene rings is 4. The molecule has 0 amide bonds. The van der Waals surface area contributed by atoms with Gasteiger partial charge in [-0.2, -0.15) is 0 Å². The van der Waals surface area contributed by atoms with Crippen molar-refractivity contribution in [2.45, 2.75) is 26.5 Å². The molecule has 1 aliphatic heterocycles. The van der Waals surface area contributed by atoms with E-state index in [9.17, 15) is 9.59 Å². The maximum absolute atomic E-state index is 13.7. The van der Waals surface area contributed by atoms with Gasteiger partial charge in [0.2, 0.25) is 0 Å². The molecule has 0 N–H and O–H groups in total. The Balaban J connectivity index is 1.31. The minimum Gasteiger partial charge on any atom is -0.497 e. The molecule has 1 aliphatic rings. The molecule has 7 heteroatoms. The molecule has 204 valence electrons. The number of hydrogen-bond donors (Lipinski definition) is 0. The Bertz CT molecular complexity index is 1980. The number of ketones is 1. The quantitative estimate of drug-likeness (QED) is 0.261. The van der Waals surface area contributed by atoms with E-state index in [-0.39, 0.29) is 11.3 Å². The second-order valence-corrected chi connectivity index (χ2v) is 10.9. The second kappa shape index (κ2) is 11.0. The third-order valence-corrected chi connectivity index (χ3v) is 8.27.